The molecule has 0 saturated heterocycles. The summed E-state index contributed by atoms with van der Waals surface area (Å²) < 4.78 is 3.37. The van der Waals surface area contributed by atoms with Crippen LogP contribution in [0.2, 0.25) is 0 Å². The van der Waals surface area contributed by atoms with Crippen LogP contribution in [0.5, 0.6) is 0 Å². The maximum atomic E-state index is 12.8. The molecule has 0 saturated carbocycles. The third-order valence-electron chi connectivity index (χ3n) is 4.63. The summed E-state index contributed by atoms with van der Waals surface area (Å²) in [5, 5.41) is 7.44. The number of benzene rings is 2. The van der Waals surface area contributed by atoms with Crippen molar-refractivity contribution in [3.63, 3.8) is 0 Å². The number of rotatable bonds is 5. The molecule has 4 heteroatoms. The average Bonchev–Trinajstić information content (AvgIpc) is 3.00. The maximum Gasteiger partial charge on any atom is 0.333 e. The Balaban J connectivity index is 1.89. The van der Waals surface area contributed by atoms with Crippen LogP contribution in [0.3, 0.4) is 0 Å². The lowest BCUT2D eigenvalue weighted by atomic mass is 10.1. The van der Waals surface area contributed by atoms with Gasteiger partial charge in [-0.05, 0) is 55.2 Å². The summed E-state index contributed by atoms with van der Waals surface area (Å²) in [5.41, 5.74) is 6.15. The number of nitrogens with one attached hydrogen (secondary N) is 1. The number of hydrogen-bond acceptors (Lipinski definition) is 2. The molecule has 0 aliphatic rings. The molecule has 0 radical (unpaired) electrons. The zero-order valence-electron chi connectivity index (χ0n) is 15.4. The monoisotopic (exact) mass is 345 g/mol. The quantitative estimate of drug-likeness (QED) is 0.687. The first-order valence-electron chi connectivity index (χ1n) is 8.65. The van der Waals surface area contributed by atoms with Crippen molar-refractivity contribution in [2.24, 2.45) is 0 Å². The summed E-state index contributed by atoms with van der Waals surface area (Å²) in [6.07, 6.45) is 6.86. The first kappa shape index (κ1) is 17.7. The third-order valence-corrected chi connectivity index (χ3v) is 4.63. The highest BCUT2D eigenvalue weighted by Gasteiger charge is 2.08. The number of allylic oxidation sites excluding steroid dienone is 2. The Kier molecular flexibility index (Phi) is 5.03. The van der Waals surface area contributed by atoms with Crippen molar-refractivity contribution < 1.29 is 0 Å². The number of aryl methyl sites for hydroxylation is 2. The van der Waals surface area contributed by atoms with Crippen molar-refractivity contribution in [3.8, 4) is 5.69 Å². The number of nitrogens with zero attached hydrogens (tertiary/aromatic N) is 2. The van der Waals surface area contributed by atoms with E-state index in [1.807, 2.05) is 43.5 Å². The van der Waals surface area contributed by atoms with Gasteiger partial charge < -0.3 is 5.41 Å². The smallest absolute Gasteiger partial charge is 0.308 e. The van der Waals surface area contributed by atoms with Crippen molar-refractivity contribution in [2.75, 3.05) is 0 Å². The van der Waals surface area contributed by atoms with E-state index in [0.29, 0.717) is 6.54 Å². The molecule has 0 aliphatic heterocycles. The van der Waals surface area contributed by atoms with E-state index in [0.717, 1.165) is 22.4 Å². The van der Waals surface area contributed by atoms with Crippen LogP contribution >= 0.6 is 0 Å². The van der Waals surface area contributed by atoms with Gasteiger partial charge in [0.15, 0.2) is 0 Å². The van der Waals surface area contributed by atoms with Crippen LogP contribution in [0.1, 0.15) is 29.2 Å². The van der Waals surface area contributed by atoms with Gasteiger partial charge in [0.25, 0.3) is 0 Å². The molecule has 0 amide bonds. The van der Waals surface area contributed by atoms with E-state index in [9.17, 15) is 4.79 Å². The second-order valence-electron chi connectivity index (χ2n) is 6.44. The molecule has 132 valence electrons. The lowest BCUT2D eigenvalue weighted by Gasteiger charge is -2.08. The minimum atomic E-state index is -0.0592. The second kappa shape index (κ2) is 7.40. The Labute approximate surface area is 153 Å². The Morgan fingerprint density at radius 2 is 1.81 bits per heavy atom. The van der Waals surface area contributed by atoms with E-state index >= 15 is 0 Å². The number of aromatic nitrogens is 2. The molecule has 2 aromatic carbocycles. The molecular formula is C22H23N3O. The van der Waals surface area contributed by atoms with Crippen molar-refractivity contribution >= 4 is 11.8 Å². The van der Waals surface area contributed by atoms with Crippen molar-refractivity contribution in [2.45, 2.75) is 27.3 Å². The summed E-state index contributed by atoms with van der Waals surface area (Å²) in [6.45, 7) is 6.62. The van der Waals surface area contributed by atoms with Crippen LogP contribution in [-0.4, -0.2) is 15.3 Å². The van der Waals surface area contributed by atoms with Gasteiger partial charge in [-0.15, -0.1) is 0 Å². The summed E-state index contributed by atoms with van der Waals surface area (Å²) in [5.74, 6) is 0. The minimum absolute atomic E-state index is 0.0592. The molecule has 1 heterocycles. The van der Waals surface area contributed by atoms with E-state index in [-0.39, 0.29) is 5.69 Å². The van der Waals surface area contributed by atoms with E-state index in [1.165, 1.54) is 17.3 Å². The molecule has 0 aliphatic carbocycles. The number of hydrogen-bond donors (Lipinski definition) is 1. The molecule has 0 atom stereocenters. The molecule has 3 aromatic rings. The molecule has 0 bridgehead atoms. The highest BCUT2D eigenvalue weighted by molar-refractivity contribution is 6.08. The lowest BCUT2D eigenvalue weighted by Crippen LogP contribution is -2.23. The molecule has 4 nitrogen and oxygen atoms in total. The van der Waals surface area contributed by atoms with Gasteiger partial charge in [-0.25, -0.2) is 4.79 Å². The Bertz CT molecular complexity index is 1020. The first-order chi connectivity index (χ1) is 12.5. The molecule has 0 fully saturated rings. The van der Waals surface area contributed by atoms with Gasteiger partial charge in [0.2, 0.25) is 0 Å². The Morgan fingerprint density at radius 1 is 1.08 bits per heavy atom. The van der Waals surface area contributed by atoms with Gasteiger partial charge >= 0.3 is 5.69 Å². The highest BCUT2D eigenvalue weighted by atomic mass is 16.1. The summed E-state index contributed by atoms with van der Waals surface area (Å²) in [7, 11) is 0. The van der Waals surface area contributed by atoms with Gasteiger partial charge in [-0.1, -0.05) is 42.0 Å². The fraction of sp³-hybridized carbons (Fsp3) is 0.182. The summed E-state index contributed by atoms with van der Waals surface area (Å²) >= 11 is 0. The van der Waals surface area contributed by atoms with E-state index in [1.54, 1.807) is 15.3 Å². The topological polar surface area (TPSA) is 50.8 Å². The molecule has 0 unspecified atom stereocenters. The van der Waals surface area contributed by atoms with Crippen LogP contribution in [0, 0.1) is 19.3 Å². The van der Waals surface area contributed by atoms with Crippen LogP contribution in [0.15, 0.2) is 65.7 Å². The van der Waals surface area contributed by atoms with Gasteiger partial charge in [-0.3, -0.25) is 9.13 Å². The zero-order chi connectivity index (χ0) is 18.7. The third kappa shape index (κ3) is 3.45. The fourth-order valence-electron chi connectivity index (χ4n) is 3.08. The Hall–Kier alpha value is -3.14. The van der Waals surface area contributed by atoms with Gasteiger partial charge in [0, 0.05) is 18.6 Å². The highest BCUT2D eigenvalue weighted by Crippen LogP contribution is 2.16. The van der Waals surface area contributed by atoms with E-state index < -0.39 is 0 Å². The average molecular weight is 345 g/mol. The van der Waals surface area contributed by atoms with E-state index in [4.69, 9.17) is 5.41 Å². The lowest BCUT2D eigenvalue weighted by molar-refractivity contribution is 0.739. The SMILES string of the molecule is C/C=C(\C=N)c1ccc(-n2ccn(Cc3ccc(C)cc3C)c2=O)cc1. The van der Waals surface area contributed by atoms with Gasteiger partial charge in [-0.2, -0.15) is 0 Å². The second-order valence-corrected chi connectivity index (χ2v) is 6.44. The van der Waals surface area contributed by atoms with Gasteiger partial charge in [0.05, 0.1) is 12.2 Å². The van der Waals surface area contributed by atoms with Crippen LogP contribution < -0.4 is 5.69 Å². The predicted molar refractivity (Wildman–Crippen MR) is 107 cm³/mol. The van der Waals surface area contributed by atoms with Crippen LogP contribution in [0.25, 0.3) is 11.3 Å². The van der Waals surface area contributed by atoms with Crippen molar-refractivity contribution in [1.29, 1.82) is 5.41 Å². The molecule has 3 rings (SSSR count). The minimum Gasteiger partial charge on any atom is -0.308 e. The Morgan fingerprint density at radius 3 is 2.42 bits per heavy atom. The standard InChI is InChI=1S/C22H23N3O/c1-4-18(14-23)19-7-9-21(10-8-19)25-12-11-24(22(25)26)15-20-6-5-16(2)13-17(20)3/h4-14,23H,15H2,1-3H3/b18-4+,23-14?. The molecule has 0 spiro atoms. The summed E-state index contributed by atoms with van der Waals surface area (Å²) in [4.78, 5) is 12.8. The normalized spacial score (nSPS) is 11.6. The largest absolute Gasteiger partial charge is 0.333 e. The number of imidazole rings is 1. The fourth-order valence-corrected chi connectivity index (χ4v) is 3.08. The van der Waals surface area contributed by atoms with Crippen LogP contribution in [0.4, 0.5) is 0 Å². The molecule has 1 N–H and O–H groups in total. The van der Waals surface area contributed by atoms with Crippen LogP contribution in [-0.2, 0) is 6.54 Å². The molecule has 26 heavy (non-hydrogen) atoms. The zero-order valence-corrected chi connectivity index (χ0v) is 15.4. The molecule has 1 aromatic heterocycles. The molecular weight excluding hydrogens is 322 g/mol. The van der Waals surface area contributed by atoms with E-state index in [2.05, 4.69) is 32.0 Å². The predicted octanol–water partition coefficient (Wildman–Crippen LogP) is 4.36. The first-order valence-corrected chi connectivity index (χ1v) is 8.65. The summed E-state index contributed by atoms with van der Waals surface area (Å²) in [6, 6.07) is 14.0. The van der Waals surface area contributed by atoms with Crippen molar-refractivity contribution in [1.82, 2.24) is 9.13 Å². The van der Waals surface area contributed by atoms with Crippen molar-refractivity contribution in [3.05, 3.63) is 93.7 Å². The van der Waals surface area contributed by atoms with Gasteiger partial charge in [0.1, 0.15) is 0 Å². The maximum absolute atomic E-state index is 12.8.